The standard InChI is InChI=1S/C16H24N6O/c1-13-6-2-4-9-21(13)11-8-17-16(23)18-12-15-20-19-14-7-3-5-10-22(14)15/h3,5,7,10,13H,2,4,6,8-9,11-12H2,1H3,(H2,17,18,23)/t13-/m1/s1. The van der Waals surface area contributed by atoms with Gasteiger partial charge in [0.25, 0.3) is 0 Å². The highest BCUT2D eigenvalue weighted by molar-refractivity contribution is 5.73. The molecule has 2 aromatic heterocycles. The molecule has 0 spiro atoms. The van der Waals surface area contributed by atoms with Gasteiger partial charge in [0.05, 0.1) is 6.54 Å². The summed E-state index contributed by atoms with van der Waals surface area (Å²) < 4.78 is 1.87. The maximum atomic E-state index is 11.9. The van der Waals surface area contributed by atoms with E-state index in [4.69, 9.17) is 0 Å². The molecule has 0 aliphatic carbocycles. The van der Waals surface area contributed by atoms with Gasteiger partial charge >= 0.3 is 6.03 Å². The van der Waals surface area contributed by atoms with Crippen molar-refractivity contribution < 1.29 is 4.79 Å². The number of rotatable bonds is 5. The number of hydrogen-bond donors (Lipinski definition) is 2. The largest absolute Gasteiger partial charge is 0.337 e. The Morgan fingerprint density at radius 2 is 2.22 bits per heavy atom. The van der Waals surface area contributed by atoms with Crippen LogP contribution >= 0.6 is 0 Å². The molecule has 0 bridgehead atoms. The van der Waals surface area contributed by atoms with Crippen LogP contribution in [0.4, 0.5) is 4.79 Å². The lowest BCUT2D eigenvalue weighted by atomic mass is 10.0. The van der Waals surface area contributed by atoms with Gasteiger partial charge in [-0.2, -0.15) is 0 Å². The Labute approximate surface area is 136 Å². The Balaban J connectivity index is 1.41. The van der Waals surface area contributed by atoms with Crippen LogP contribution in [-0.4, -0.2) is 51.2 Å². The number of pyridine rings is 1. The van der Waals surface area contributed by atoms with Crippen LogP contribution in [0.2, 0.25) is 0 Å². The molecule has 1 atom stereocenters. The van der Waals surface area contributed by atoms with Crippen molar-refractivity contribution >= 4 is 11.7 Å². The van der Waals surface area contributed by atoms with Crippen molar-refractivity contribution in [3.8, 4) is 0 Å². The molecule has 0 saturated carbocycles. The fourth-order valence-corrected chi connectivity index (χ4v) is 3.04. The van der Waals surface area contributed by atoms with Crippen molar-refractivity contribution in [3.05, 3.63) is 30.2 Å². The molecule has 0 aromatic carbocycles. The summed E-state index contributed by atoms with van der Waals surface area (Å²) in [6.45, 7) is 5.32. The summed E-state index contributed by atoms with van der Waals surface area (Å²) in [5, 5.41) is 13.9. The Hall–Kier alpha value is -2.15. The van der Waals surface area contributed by atoms with Gasteiger partial charge in [0.2, 0.25) is 0 Å². The third-order valence-corrected chi connectivity index (χ3v) is 4.42. The number of urea groups is 1. The summed E-state index contributed by atoms with van der Waals surface area (Å²) in [4.78, 5) is 14.3. The molecule has 2 amide bonds. The van der Waals surface area contributed by atoms with E-state index in [0.717, 1.165) is 24.6 Å². The normalized spacial score (nSPS) is 18.9. The van der Waals surface area contributed by atoms with Gasteiger partial charge in [-0.15, -0.1) is 10.2 Å². The highest BCUT2D eigenvalue weighted by Gasteiger charge is 2.17. The van der Waals surface area contributed by atoms with Gasteiger partial charge in [-0.3, -0.25) is 9.30 Å². The first kappa shape index (κ1) is 15.7. The van der Waals surface area contributed by atoms with Crippen molar-refractivity contribution in [1.29, 1.82) is 0 Å². The van der Waals surface area contributed by atoms with Gasteiger partial charge in [0, 0.05) is 25.3 Å². The van der Waals surface area contributed by atoms with Crippen LogP contribution < -0.4 is 10.6 Å². The van der Waals surface area contributed by atoms with E-state index < -0.39 is 0 Å². The molecule has 0 radical (unpaired) electrons. The zero-order valence-electron chi connectivity index (χ0n) is 13.5. The summed E-state index contributed by atoms with van der Waals surface area (Å²) in [6.07, 6.45) is 5.72. The fraction of sp³-hybridized carbons (Fsp3) is 0.562. The van der Waals surface area contributed by atoms with Gasteiger partial charge < -0.3 is 10.6 Å². The second kappa shape index (κ2) is 7.41. The maximum Gasteiger partial charge on any atom is 0.315 e. The maximum absolute atomic E-state index is 11.9. The van der Waals surface area contributed by atoms with Crippen molar-refractivity contribution in [3.63, 3.8) is 0 Å². The number of amides is 2. The minimum atomic E-state index is -0.164. The molecule has 1 aliphatic rings. The van der Waals surface area contributed by atoms with Gasteiger partial charge in [-0.1, -0.05) is 12.5 Å². The van der Waals surface area contributed by atoms with Gasteiger partial charge in [0.15, 0.2) is 11.5 Å². The summed E-state index contributed by atoms with van der Waals surface area (Å²) >= 11 is 0. The van der Waals surface area contributed by atoms with Crippen LogP contribution in [0.1, 0.15) is 32.0 Å². The first-order valence-corrected chi connectivity index (χ1v) is 8.28. The zero-order valence-corrected chi connectivity index (χ0v) is 13.5. The number of fused-ring (bicyclic) bond motifs is 1. The number of hydrogen-bond acceptors (Lipinski definition) is 4. The minimum absolute atomic E-state index is 0.164. The molecule has 2 aromatic rings. The average molecular weight is 316 g/mol. The Morgan fingerprint density at radius 1 is 1.30 bits per heavy atom. The smallest absolute Gasteiger partial charge is 0.315 e. The average Bonchev–Trinajstić information content (AvgIpc) is 2.98. The first-order valence-electron chi connectivity index (χ1n) is 8.28. The number of carbonyl (C=O) groups excluding carboxylic acids is 1. The molecular formula is C16H24N6O. The van der Waals surface area contributed by atoms with Crippen molar-refractivity contribution in [2.75, 3.05) is 19.6 Å². The van der Waals surface area contributed by atoms with E-state index in [9.17, 15) is 4.79 Å². The number of likely N-dealkylation sites (tertiary alicyclic amines) is 1. The van der Waals surface area contributed by atoms with E-state index in [1.54, 1.807) is 0 Å². The molecule has 1 fully saturated rings. The van der Waals surface area contributed by atoms with E-state index >= 15 is 0 Å². The molecule has 2 N–H and O–H groups in total. The van der Waals surface area contributed by atoms with Crippen LogP contribution in [0.15, 0.2) is 24.4 Å². The molecule has 124 valence electrons. The Morgan fingerprint density at radius 3 is 3.09 bits per heavy atom. The molecule has 3 heterocycles. The second-order valence-electron chi connectivity index (χ2n) is 6.04. The molecular weight excluding hydrogens is 292 g/mol. The lowest BCUT2D eigenvalue weighted by Gasteiger charge is -2.33. The highest BCUT2D eigenvalue weighted by atomic mass is 16.2. The Bertz CT molecular complexity index is 655. The van der Waals surface area contributed by atoms with Gasteiger partial charge in [-0.25, -0.2) is 4.79 Å². The first-order chi connectivity index (χ1) is 11.2. The lowest BCUT2D eigenvalue weighted by molar-refractivity contribution is 0.161. The third-order valence-electron chi connectivity index (χ3n) is 4.42. The fourth-order valence-electron chi connectivity index (χ4n) is 3.04. The minimum Gasteiger partial charge on any atom is -0.337 e. The van der Waals surface area contributed by atoms with Crippen molar-refractivity contribution in [2.45, 2.75) is 38.8 Å². The second-order valence-corrected chi connectivity index (χ2v) is 6.04. The molecule has 23 heavy (non-hydrogen) atoms. The van der Waals surface area contributed by atoms with Crippen molar-refractivity contribution in [2.24, 2.45) is 0 Å². The van der Waals surface area contributed by atoms with Crippen LogP contribution in [0.25, 0.3) is 5.65 Å². The summed E-state index contributed by atoms with van der Waals surface area (Å²) in [5.74, 6) is 0.723. The molecule has 7 nitrogen and oxygen atoms in total. The summed E-state index contributed by atoms with van der Waals surface area (Å²) in [6, 6.07) is 6.17. The molecule has 0 unspecified atom stereocenters. The lowest BCUT2D eigenvalue weighted by Crippen LogP contribution is -2.44. The monoisotopic (exact) mass is 316 g/mol. The van der Waals surface area contributed by atoms with E-state index in [0.29, 0.717) is 19.1 Å². The topological polar surface area (TPSA) is 74.6 Å². The molecule has 1 aliphatic heterocycles. The van der Waals surface area contributed by atoms with E-state index in [2.05, 4.69) is 32.7 Å². The number of nitrogens with zero attached hydrogens (tertiary/aromatic N) is 4. The highest BCUT2D eigenvalue weighted by Crippen LogP contribution is 2.15. The van der Waals surface area contributed by atoms with Crippen LogP contribution in [0.3, 0.4) is 0 Å². The molecule has 3 rings (SSSR count). The van der Waals surface area contributed by atoms with Crippen molar-refractivity contribution in [1.82, 2.24) is 30.1 Å². The molecule has 1 saturated heterocycles. The van der Waals surface area contributed by atoms with E-state index in [1.807, 2.05) is 28.8 Å². The number of nitrogens with one attached hydrogen (secondary N) is 2. The van der Waals surface area contributed by atoms with Gasteiger partial charge in [-0.05, 0) is 38.4 Å². The van der Waals surface area contributed by atoms with Gasteiger partial charge in [0.1, 0.15) is 0 Å². The van der Waals surface area contributed by atoms with Crippen LogP contribution in [-0.2, 0) is 6.54 Å². The summed E-state index contributed by atoms with van der Waals surface area (Å²) in [5.41, 5.74) is 0.781. The predicted molar refractivity (Wildman–Crippen MR) is 88.1 cm³/mol. The number of piperidine rings is 1. The predicted octanol–water partition coefficient (Wildman–Crippen LogP) is 1.40. The van der Waals surface area contributed by atoms with Crippen LogP contribution in [0.5, 0.6) is 0 Å². The molecule has 7 heteroatoms. The number of carbonyl (C=O) groups is 1. The quantitative estimate of drug-likeness (QED) is 0.874. The Kier molecular flexibility index (Phi) is 5.07. The zero-order chi connectivity index (χ0) is 16.1. The van der Waals surface area contributed by atoms with Crippen LogP contribution in [0, 0.1) is 0 Å². The summed E-state index contributed by atoms with van der Waals surface area (Å²) in [7, 11) is 0. The van der Waals surface area contributed by atoms with E-state index in [1.165, 1.54) is 19.3 Å². The SMILES string of the molecule is C[C@@H]1CCCCN1CCNC(=O)NCc1nnc2ccccn12. The number of aromatic nitrogens is 3. The van der Waals surface area contributed by atoms with E-state index in [-0.39, 0.29) is 6.03 Å². The third kappa shape index (κ3) is 3.98.